The van der Waals surface area contributed by atoms with Crippen molar-refractivity contribution in [2.24, 2.45) is 17.6 Å². The Bertz CT molecular complexity index is 1230. The Kier molecular flexibility index (Phi) is 5.25. The molecule has 0 saturated heterocycles. The molecule has 4 unspecified atom stereocenters. The van der Waals surface area contributed by atoms with Crippen LogP contribution in [0.5, 0.6) is 5.75 Å². The molecular weight excluding hydrogens is 450 g/mol. The summed E-state index contributed by atoms with van der Waals surface area (Å²) in [6, 6.07) is 1.25. The monoisotopic (exact) mass is 474 g/mol. The molecule has 0 bridgehead atoms. The zero-order valence-electron chi connectivity index (χ0n) is 18.6. The van der Waals surface area contributed by atoms with Crippen molar-refractivity contribution in [1.29, 1.82) is 0 Å². The van der Waals surface area contributed by atoms with Gasteiger partial charge in [0.05, 0.1) is 16.5 Å². The van der Waals surface area contributed by atoms with Crippen LogP contribution in [0.25, 0.3) is 5.76 Å². The molecule has 0 aromatic heterocycles. The number of phenolic OH excluding ortho intramolecular Hbond substituents is 1. The predicted molar refractivity (Wildman–Crippen MR) is 115 cm³/mol. The first-order valence-corrected chi connectivity index (χ1v) is 10.4. The number of fused-ring (bicyclic) bond motifs is 3. The van der Waals surface area contributed by atoms with E-state index in [0.29, 0.717) is 0 Å². The number of carbonyl (C=O) groups is 3. The van der Waals surface area contributed by atoms with E-state index in [0.717, 1.165) is 13.2 Å². The van der Waals surface area contributed by atoms with Gasteiger partial charge < -0.3 is 26.2 Å². The van der Waals surface area contributed by atoms with Crippen LogP contribution in [0.15, 0.2) is 29.0 Å². The van der Waals surface area contributed by atoms with Gasteiger partial charge in [0.25, 0.3) is 10.8 Å². The molecule has 180 valence electrons. The van der Waals surface area contributed by atoms with Crippen LogP contribution < -0.4 is 5.73 Å². The number of primary amides is 1. The molecule has 6 N–H and O–H groups in total. The molecule has 12 heteroatoms. The topological polar surface area (TPSA) is 191 Å². The van der Waals surface area contributed by atoms with Gasteiger partial charge in [0.15, 0.2) is 18.5 Å². The number of aliphatic hydroxyl groups excluding tert-OH is 2. The minimum absolute atomic E-state index is 0.00294. The van der Waals surface area contributed by atoms with Crippen LogP contribution in [0.2, 0.25) is 0 Å². The number of amides is 1. The van der Waals surface area contributed by atoms with Crippen LogP contribution in [0.3, 0.4) is 0 Å². The number of ketones is 2. The lowest BCUT2D eigenvalue weighted by Gasteiger charge is -2.50. The second-order valence-corrected chi connectivity index (χ2v) is 8.86. The van der Waals surface area contributed by atoms with E-state index in [1.165, 1.54) is 25.1 Å². The molecule has 4 rings (SSSR count). The molecule has 3 aliphatic carbocycles. The molecule has 0 radical (unpaired) electrons. The molecule has 34 heavy (non-hydrogen) atoms. The fourth-order valence-corrected chi connectivity index (χ4v) is 5.50. The van der Waals surface area contributed by atoms with E-state index in [1.807, 2.05) is 0 Å². The van der Waals surface area contributed by atoms with E-state index in [4.69, 9.17) is 10.6 Å². The smallest absolute Gasteiger partial charge is 0.320 e. The number of Topliss-reactive ketones (excluding diaryl/α,β-unsaturated/α-hetero) is 2. The molecule has 0 aliphatic heterocycles. The number of aromatic hydroxyl groups is 1. The second-order valence-electron chi connectivity index (χ2n) is 8.86. The fraction of sp³-hybridized carbons (Fsp3) is 0.409. The van der Waals surface area contributed by atoms with Gasteiger partial charge in [0, 0.05) is 23.1 Å². The molecule has 1 aromatic carbocycles. The average Bonchev–Trinajstić information content (AvgIpc) is 2.75. The number of carbonyl (C=O) groups excluding carboxylic acids is 3. The van der Waals surface area contributed by atoms with Gasteiger partial charge in [-0.15, -0.1) is 0 Å². The van der Waals surface area contributed by atoms with Gasteiger partial charge in [-0.1, -0.05) is 0 Å². The van der Waals surface area contributed by atoms with Crippen molar-refractivity contribution in [3.63, 3.8) is 0 Å². The number of likely N-dealkylation sites (N-methyl/N-ethyl adjacent to an activating group) is 1. The third-order valence-corrected chi connectivity index (χ3v) is 6.94. The molecule has 12 nitrogen and oxygen atoms in total. The van der Waals surface area contributed by atoms with E-state index >= 15 is 0 Å². The SMILES string of the molecule is CO[N+](=O)c1ccc(O)c2c1CC1CC3C(N(C)C)C(=O)C(C(N)=O)=C(O)C3(O)C(=O)C1=C2O. The molecule has 0 heterocycles. The summed E-state index contributed by atoms with van der Waals surface area (Å²) in [5.41, 5.74) is 1.41. The summed E-state index contributed by atoms with van der Waals surface area (Å²) in [4.78, 5) is 57.2. The summed E-state index contributed by atoms with van der Waals surface area (Å²) >= 11 is 0. The summed E-state index contributed by atoms with van der Waals surface area (Å²) in [6.45, 7) is 0. The Balaban J connectivity index is 1.99. The maximum Gasteiger partial charge on any atom is 0.320 e. The first-order chi connectivity index (χ1) is 15.9. The van der Waals surface area contributed by atoms with Crippen molar-refractivity contribution in [3.8, 4) is 5.75 Å². The van der Waals surface area contributed by atoms with E-state index in [9.17, 15) is 39.7 Å². The highest BCUT2D eigenvalue weighted by Gasteiger charge is 2.64. The first-order valence-electron chi connectivity index (χ1n) is 10.4. The van der Waals surface area contributed by atoms with Crippen LogP contribution >= 0.6 is 0 Å². The van der Waals surface area contributed by atoms with Gasteiger partial charge in [0.2, 0.25) is 5.78 Å². The van der Waals surface area contributed by atoms with Crippen LogP contribution in [-0.4, -0.2) is 80.6 Å². The fourth-order valence-electron chi connectivity index (χ4n) is 5.50. The Morgan fingerprint density at radius 3 is 2.44 bits per heavy atom. The van der Waals surface area contributed by atoms with Gasteiger partial charge in [-0.3, -0.25) is 19.3 Å². The minimum Gasteiger partial charge on any atom is -0.508 e. The normalized spacial score (nSPS) is 28.4. The molecule has 3 aliphatic rings. The lowest BCUT2D eigenvalue weighted by molar-refractivity contribution is -0.737. The van der Waals surface area contributed by atoms with Crippen molar-refractivity contribution in [2.45, 2.75) is 24.5 Å². The molecule has 4 atom stereocenters. The maximum atomic E-state index is 13.7. The van der Waals surface area contributed by atoms with E-state index in [2.05, 4.69) is 0 Å². The quantitative estimate of drug-likeness (QED) is 0.292. The molecular formula is C22H24N3O9+. The van der Waals surface area contributed by atoms with Crippen LogP contribution in [0.4, 0.5) is 5.69 Å². The predicted octanol–water partition coefficient (Wildman–Crippen LogP) is -0.0642. The van der Waals surface area contributed by atoms with E-state index in [-0.39, 0.29) is 40.2 Å². The zero-order chi connectivity index (χ0) is 25.3. The van der Waals surface area contributed by atoms with E-state index in [1.54, 1.807) is 0 Å². The number of phenols is 1. The van der Waals surface area contributed by atoms with Crippen LogP contribution in [-0.2, 0) is 25.6 Å². The highest BCUT2D eigenvalue weighted by Crippen LogP contribution is 2.53. The highest BCUT2D eigenvalue weighted by atomic mass is 16.8. The number of benzene rings is 1. The zero-order valence-corrected chi connectivity index (χ0v) is 18.6. The third-order valence-electron chi connectivity index (χ3n) is 6.94. The first kappa shape index (κ1) is 23.4. The average molecular weight is 474 g/mol. The van der Waals surface area contributed by atoms with Gasteiger partial charge in [-0.2, -0.15) is 0 Å². The van der Waals surface area contributed by atoms with Gasteiger partial charge >= 0.3 is 5.69 Å². The van der Waals surface area contributed by atoms with Crippen molar-refractivity contribution < 1.29 is 44.6 Å². The Hall–Kier alpha value is -3.77. The van der Waals surface area contributed by atoms with Crippen molar-refractivity contribution >= 4 is 28.9 Å². The largest absolute Gasteiger partial charge is 0.508 e. The van der Waals surface area contributed by atoms with Crippen molar-refractivity contribution in [2.75, 3.05) is 21.2 Å². The summed E-state index contributed by atoms with van der Waals surface area (Å²) in [6.07, 6.45) is -0.0902. The Morgan fingerprint density at radius 2 is 1.88 bits per heavy atom. The van der Waals surface area contributed by atoms with Crippen molar-refractivity contribution in [1.82, 2.24) is 4.90 Å². The molecule has 1 fully saturated rings. The third kappa shape index (κ3) is 2.88. The van der Waals surface area contributed by atoms with Gasteiger partial charge in [-0.05, 0) is 38.9 Å². The van der Waals surface area contributed by atoms with Crippen LogP contribution in [0.1, 0.15) is 17.5 Å². The molecule has 0 spiro atoms. The standard InChI is InChI=1S/C22H23N3O9/c1-24(2)16-10-7-8-6-9-11(25(33)34-3)4-5-12(26)14(9)17(27)13(8)19(29)22(10,32)20(30)15(18(16)28)21(23)31/h4-5,8,10,16,32H,6-7H2,1-3H3,(H4-,23,26,27,28,29,30,31,33)/p+1. The van der Waals surface area contributed by atoms with Crippen LogP contribution in [0, 0.1) is 16.7 Å². The number of hydrogen-bond acceptors (Lipinski definition) is 10. The Morgan fingerprint density at radius 1 is 1.24 bits per heavy atom. The molecule has 1 amide bonds. The number of nitrogens with two attached hydrogens (primary N) is 1. The summed E-state index contributed by atoms with van der Waals surface area (Å²) in [5, 5.41) is 43.7. The number of hydrogen-bond donors (Lipinski definition) is 5. The summed E-state index contributed by atoms with van der Waals surface area (Å²) in [5.74, 6) is -7.51. The minimum atomic E-state index is -2.71. The van der Waals surface area contributed by atoms with Gasteiger partial charge in [-0.25, -0.2) is 4.84 Å². The van der Waals surface area contributed by atoms with Crippen molar-refractivity contribution in [3.05, 3.63) is 45.1 Å². The number of aliphatic hydroxyl groups is 3. The lowest BCUT2D eigenvalue weighted by Crippen LogP contribution is -2.65. The Labute approximate surface area is 193 Å². The lowest BCUT2D eigenvalue weighted by atomic mass is 9.57. The number of rotatable bonds is 4. The van der Waals surface area contributed by atoms with Gasteiger partial charge in [0.1, 0.15) is 22.8 Å². The maximum absolute atomic E-state index is 13.7. The second kappa shape index (κ2) is 7.64. The summed E-state index contributed by atoms with van der Waals surface area (Å²) < 4.78 is 0. The highest BCUT2D eigenvalue weighted by molar-refractivity contribution is 6.24. The number of nitrogens with zero attached hydrogens (tertiary/aromatic N) is 2. The molecule has 1 aromatic rings. The molecule has 1 saturated carbocycles. The van der Waals surface area contributed by atoms with E-state index < -0.39 is 63.8 Å². The summed E-state index contributed by atoms with van der Waals surface area (Å²) in [7, 11) is 4.16.